The molecule has 0 unspecified atom stereocenters. The molecule has 94 valence electrons. The molecule has 0 saturated heterocycles. The van der Waals surface area contributed by atoms with Gasteiger partial charge in [-0.15, -0.1) is 0 Å². The number of carbonyl (C=O) groups is 1. The van der Waals surface area contributed by atoms with E-state index in [1.165, 1.54) is 6.92 Å². The maximum atomic E-state index is 10.6. The number of nitrogens with zero attached hydrogens (tertiary/aromatic N) is 1. The zero-order chi connectivity index (χ0) is 13.3. The molecule has 1 aromatic carbocycles. The fourth-order valence-corrected chi connectivity index (χ4v) is 1.04. The lowest BCUT2D eigenvalue weighted by molar-refractivity contribution is -0.142. The minimum absolute atomic E-state index is 0.265. The first-order valence-corrected chi connectivity index (χ1v) is 5.42. The minimum atomic E-state index is -0.265. The van der Waals surface area contributed by atoms with Gasteiger partial charge in [0.25, 0.3) is 0 Å². The van der Waals surface area contributed by atoms with Gasteiger partial charge >= 0.3 is 5.97 Å². The summed E-state index contributed by atoms with van der Waals surface area (Å²) >= 11 is 0. The molecule has 0 aromatic heterocycles. The molecule has 0 saturated carbocycles. The zero-order valence-corrected chi connectivity index (χ0v) is 11.1. The second kappa shape index (κ2) is 8.53. The molecular weight excluding hydrogens is 214 g/mol. The number of carbonyl (C=O) groups excluding carboxylic acids is 1. The molecule has 1 rings (SSSR count). The van der Waals surface area contributed by atoms with Crippen LogP contribution in [0.1, 0.15) is 18.1 Å². The van der Waals surface area contributed by atoms with Crippen molar-refractivity contribution < 1.29 is 9.53 Å². The van der Waals surface area contributed by atoms with Crippen molar-refractivity contribution in [3.8, 4) is 0 Å². The van der Waals surface area contributed by atoms with E-state index < -0.39 is 0 Å². The number of esters is 1. The smallest absolute Gasteiger partial charge is 0.302 e. The molecule has 0 aliphatic rings. The molecule has 0 bridgehead atoms. The quantitative estimate of drug-likeness (QED) is 0.754. The average Bonchev–Trinajstić information content (AvgIpc) is 2.26. The normalized spacial score (nSPS) is 9.24. The van der Waals surface area contributed by atoms with Gasteiger partial charge in [0, 0.05) is 6.92 Å². The maximum Gasteiger partial charge on any atom is 0.302 e. The molecule has 0 fully saturated rings. The summed E-state index contributed by atoms with van der Waals surface area (Å²) in [5, 5.41) is 0. The molecule has 0 atom stereocenters. The Morgan fingerprint density at radius 1 is 1.35 bits per heavy atom. The summed E-state index contributed by atoms with van der Waals surface area (Å²) < 4.78 is 4.88. The van der Waals surface area contributed by atoms with E-state index >= 15 is 0 Å². The Balaban J connectivity index is 0.000000557. The summed E-state index contributed by atoms with van der Waals surface area (Å²) in [5.41, 5.74) is 1.98. The van der Waals surface area contributed by atoms with E-state index in [0.717, 1.165) is 11.1 Å². The lowest BCUT2D eigenvalue weighted by Gasteiger charge is -2.05. The molecular formula is C14H21NO2. The highest BCUT2D eigenvalue weighted by Gasteiger charge is 1.99. The van der Waals surface area contributed by atoms with Crippen LogP contribution in [0.5, 0.6) is 0 Å². The van der Waals surface area contributed by atoms with Gasteiger partial charge in [-0.1, -0.05) is 36.9 Å². The monoisotopic (exact) mass is 235 g/mol. The minimum Gasteiger partial charge on any atom is -0.461 e. The summed E-state index contributed by atoms with van der Waals surface area (Å²) in [6.45, 7) is 5.39. The largest absolute Gasteiger partial charge is 0.461 e. The van der Waals surface area contributed by atoms with Gasteiger partial charge in [0.2, 0.25) is 0 Å². The predicted octanol–water partition coefficient (Wildman–Crippen LogP) is 2.57. The van der Waals surface area contributed by atoms with Crippen molar-refractivity contribution >= 4 is 12.0 Å². The van der Waals surface area contributed by atoms with E-state index in [4.69, 9.17) is 4.74 Å². The molecule has 17 heavy (non-hydrogen) atoms. The molecule has 0 N–H and O–H groups in total. The number of hydrogen-bond donors (Lipinski definition) is 0. The van der Waals surface area contributed by atoms with E-state index in [1.807, 2.05) is 50.3 Å². The van der Waals surface area contributed by atoms with Crippen molar-refractivity contribution in [2.24, 2.45) is 0 Å². The van der Waals surface area contributed by atoms with Gasteiger partial charge < -0.3 is 9.64 Å². The van der Waals surface area contributed by atoms with Crippen LogP contribution in [-0.2, 0) is 16.1 Å². The highest BCUT2D eigenvalue weighted by molar-refractivity contribution is 5.66. The van der Waals surface area contributed by atoms with E-state index in [2.05, 4.69) is 6.58 Å². The first-order chi connectivity index (χ1) is 7.97. The van der Waals surface area contributed by atoms with Gasteiger partial charge in [0.1, 0.15) is 6.61 Å². The SMILES string of the molecule is C=Cc1ccccc1COC(C)=O.CN(C)C. The van der Waals surface area contributed by atoms with Crippen LogP contribution in [-0.4, -0.2) is 32.0 Å². The molecule has 0 radical (unpaired) electrons. The third kappa shape index (κ3) is 8.22. The number of rotatable bonds is 3. The Bertz CT molecular complexity index is 356. The van der Waals surface area contributed by atoms with Crippen LogP contribution in [0.3, 0.4) is 0 Å². The molecule has 0 spiro atoms. The van der Waals surface area contributed by atoms with Crippen LogP contribution in [0.15, 0.2) is 30.8 Å². The highest BCUT2D eigenvalue weighted by atomic mass is 16.5. The van der Waals surface area contributed by atoms with Crippen LogP contribution in [0.2, 0.25) is 0 Å². The molecule has 0 heterocycles. The van der Waals surface area contributed by atoms with Gasteiger partial charge in [-0.05, 0) is 32.3 Å². The summed E-state index contributed by atoms with van der Waals surface area (Å²) in [7, 11) is 6.00. The second-order valence-electron chi connectivity index (χ2n) is 4.02. The zero-order valence-electron chi connectivity index (χ0n) is 11.1. The Morgan fingerprint density at radius 3 is 2.35 bits per heavy atom. The van der Waals surface area contributed by atoms with Crippen molar-refractivity contribution in [3.63, 3.8) is 0 Å². The molecule has 0 aliphatic heterocycles. The van der Waals surface area contributed by atoms with E-state index in [1.54, 1.807) is 6.08 Å². The van der Waals surface area contributed by atoms with E-state index in [-0.39, 0.29) is 5.97 Å². The van der Waals surface area contributed by atoms with E-state index in [0.29, 0.717) is 6.61 Å². The molecule has 0 amide bonds. The van der Waals surface area contributed by atoms with Crippen LogP contribution in [0.4, 0.5) is 0 Å². The summed E-state index contributed by atoms with van der Waals surface area (Å²) in [5.74, 6) is -0.265. The van der Waals surface area contributed by atoms with E-state index in [9.17, 15) is 4.79 Å². The fraction of sp³-hybridized carbons (Fsp3) is 0.357. The standard InChI is InChI=1S/C11H12O2.C3H9N/c1-3-10-6-4-5-7-11(10)8-13-9(2)12;1-4(2)3/h3-7H,1,8H2,2H3;1-3H3. The Labute approximate surface area is 104 Å². The number of benzene rings is 1. The van der Waals surface area contributed by atoms with Gasteiger partial charge in [0.15, 0.2) is 0 Å². The predicted molar refractivity (Wildman–Crippen MR) is 71.6 cm³/mol. The topological polar surface area (TPSA) is 29.5 Å². The van der Waals surface area contributed by atoms with Crippen LogP contribution in [0.25, 0.3) is 6.08 Å². The van der Waals surface area contributed by atoms with Crippen molar-refractivity contribution in [1.29, 1.82) is 0 Å². The second-order valence-corrected chi connectivity index (χ2v) is 4.02. The Hall–Kier alpha value is -1.61. The average molecular weight is 235 g/mol. The van der Waals surface area contributed by atoms with Crippen LogP contribution >= 0.6 is 0 Å². The van der Waals surface area contributed by atoms with Gasteiger partial charge in [-0.25, -0.2) is 0 Å². The van der Waals surface area contributed by atoms with Gasteiger partial charge in [-0.3, -0.25) is 4.79 Å². The Kier molecular flexibility index (Phi) is 7.72. The van der Waals surface area contributed by atoms with Crippen molar-refractivity contribution in [2.45, 2.75) is 13.5 Å². The van der Waals surface area contributed by atoms with Gasteiger partial charge in [-0.2, -0.15) is 0 Å². The first kappa shape index (κ1) is 15.4. The third-order valence-corrected chi connectivity index (χ3v) is 1.71. The van der Waals surface area contributed by atoms with Crippen LogP contribution < -0.4 is 0 Å². The first-order valence-electron chi connectivity index (χ1n) is 5.42. The molecule has 3 heteroatoms. The van der Waals surface area contributed by atoms with Crippen molar-refractivity contribution in [1.82, 2.24) is 4.90 Å². The number of ether oxygens (including phenoxy) is 1. The molecule has 0 aliphatic carbocycles. The molecule has 3 nitrogen and oxygen atoms in total. The fourth-order valence-electron chi connectivity index (χ4n) is 1.04. The maximum absolute atomic E-state index is 10.6. The third-order valence-electron chi connectivity index (χ3n) is 1.71. The lowest BCUT2D eigenvalue weighted by Crippen LogP contribution is -1.99. The van der Waals surface area contributed by atoms with Crippen molar-refractivity contribution in [3.05, 3.63) is 42.0 Å². The lowest BCUT2D eigenvalue weighted by atomic mass is 10.1. The summed E-state index contributed by atoms with van der Waals surface area (Å²) in [6, 6.07) is 7.69. The number of hydrogen-bond acceptors (Lipinski definition) is 3. The summed E-state index contributed by atoms with van der Waals surface area (Å²) in [6.07, 6.45) is 1.75. The van der Waals surface area contributed by atoms with Gasteiger partial charge in [0.05, 0.1) is 0 Å². The van der Waals surface area contributed by atoms with Crippen molar-refractivity contribution in [2.75, 3.05) is 21.1 Å². The van der Waals surface area contributed by atoms with Crippen LogP contribution in [0, 0.1) is 0 Å². The summed E-state index contributed by atoms with van der Waals surface area (Å²) in [4.78, 5) is 12.6. The highest BCUT2D eigenvalue weighted by Crippen LogP contribution is 2.10. The Morgan fingerprint density at radius 2 is 1.88 bits per heavy atom. The molecule has 1 aromatic rings.